The smallest absolute Gasteiger partial charge is 0.115 e. The molecule has 1 aromatic rings. The van der Waals surface area contributed by atoms with E-state index in [1.54, 1.807) is 12.1 Å². The first-order chi connectivity index (χ1) is 7.91. The van der Waals surface area contributed by atoms with Crippen LogP contribution in [-0.2, 0) is 21.7 Å². The van der Waals surface area contributed by atoms with Gasteiger partial charge in [-0.25, -0.2) is 5.57 Å². The van der Waals surface area contributed by atoms with E-state index in [2.05, 4.69) is 33.8 Å². The summed E-state index contributed by atoms with van der Waals surface area (Å²) >= 11 is 0. The summed E-state index contributed by atoms with van der Waals surface area (Å²) in [6, 6.07) is 7.15. The van der Waals surface area contributed by atoms with E-state index in [4.69, 9.17) is 5.11 Å². The van der Waals surface area contributed by atoms with Gasteiger partial charge in [0.2, 0.25) is 0 Å². The largest absolute Gasteiger partial charge is 1.00 e. The summed E-state index contributed by atoms with van der Waals surface area (Å²) in [6.07, 6.45) is 3.36. The van der Waals surface area contributed by atoms with Gasteiger partial charge in [-0.15, -0.1) is 6.92 Å². The van der Waals surface area contributed by atoms with Gasteiger partial charge < -0.3 is 29.9 Å². The predicted molar refractivity (Wildman–Crippen MR) is 72.8 cm³/mol. The van der Waals surface area contributed by atoms with Crippen LogP contribution in [0.2, 0.25) is 0 Å². The molecule has 0 radical (unpaired) electrons. The minimum absolute atomic E-state index is 0. The number of hydrogen-bond acceptors (Lipinski definition) is 1. The van der Waals surface area contributed by atoms with Gasteiger partial charge in [-0.1, -0.05) is 38.8 Å². The van der Waals surface area contributed by atoms with Gasteiger partial charge in [0.15, 0.2) is 0 Å². The second-order valence-electron chi connectivity index (χ2n) is 4.64. The molecule has 1 atom stereocenters. The maximum absolute atomic E-state index is 8.81. The Morgan fingerprint density at radius 2 is 1.60 bits per heavy atom. The molecule has 4 heteroatoms. The topological polar surface area (TPSA) is 20.2 Å². The zero-order valence-corrected chi connectivity index (χ0v) is 15.7. The molecule has 0 bridgehead atoms. The Hall–Kier alpha value is -0.206. The standard InChI is InChI=1S/C9H13.C7H8O.2ClH.Ti/c1-6-5-7(2)9(4)8(6)3;1-6-3-2-4-7(8)5-6;;;/h6H,1-4H3;2-5,8H,1H3;2*1H;/q-1;;;;/p-2. The number of aryl methyl sites for hydroxylation is 1. The van der Waals surface area contributed by atoms with E-state index in [-0.39, 0.29) is 46.5 Å². The molecule has 1 nitrogen and oxygen atoms in total. The number of phenols is 1. The molecule has 0 aromatic heterocycles. The van der Waals surface area contributed by atoms with Crippen LogP contribution in [0.15, 0.2) is 41.0 Å². The quantitative estimate of drug-likeness (QED) is 0.444. The third-order valence-corrected chi connectivity index (χ3v) is 3.24. The van der Waals surface area contributed by atoms with Crippen molar-refractivity contribution in [2.45, 2.75) is 34.6 Å². The summed E-state index contributed by atoms with van der Waals surface area (Å²) in [5.74, 6) is 0.898. The number of hydrogen-bond donors (Lipinski definition) is 1. The summed E-state index contributed by atoms with van der Waals surface area (Å²) in [4.78, 5) is 0. The molecule has 20 heavy (non-hydrogen) atoms. The van der Waals surface area contributed by atoms with Crippen LogP contribution in [0.3, 0.4) is 0 Å². The average molecular weight is 348 g/mol. The summed E-state index contributed by atoms with van der Waals surface area (Å²) < 4.78 is 0. The number of rotatable bonds is 0. The minimum atomic E-state index is 0. The second kappa shape index (κ2) is 11.5. The molecule has 2 rings (SSSR count). The van der Waals surface area contributed by atoms with Gasteiger partial charge in [-0.05, 0) is 24.6 Å². The fourth-order valence-corrected chi connectivity index (χ4v) is 1.79. The SMILES string of the molecule is CC1=[C-]C(C)C(C)=C1C.Cc1cccc(O)c1.[Cl-].[Cl-].[Ti]. The van der Waals surface area contributed by atoms with Crippen LogP contribution >= 0.6 is 0 Å². The average Bonchev–Trinajstić information content (AvgIpc) is 2.46. The molecule has 0 spiro atoms. The third-order valence-electron chi connectivity index (χ3n) is 3.24. The number of allylic oxidation sites excluding steroid dienone is 4. The fraction of sp³-hybridized carbons (Fsp3) is 0.375. The van der Waals surface area contributed by atoms with Crippen LogP contribution in [0.25, 0.3) is 0 Å². The monoisotopic (exact) mass is 347 g/mol. The van der Waals surface area contributed by atoms with E-state index < -0.39 is 0 Å². The molecule has 0 saturated carbocycles. The Morgan fingerprint density at radius 3 is 1.80 bits per heavy atom. The maximum Gasteiger partial charge on any atom is 0.115 e. The Balaban J connectivity index is -0.000000252. The van der Waals surface area contributed by atoms with Crippen molar-refractivity contribution in [2.75, 3.05) is 0 Å². The van der Waals surface area contributed by atoms with Gasteiger partial charge in [-0.3, -0.25) is 6.08 Å². The molecule has 0 fully saturated rings. The second-order valence-corrected chi connectivity index (χ2v) is 4.64. The Bertz CT molecular complexity index is 450. The number of halogens is 2. The first-order valence-electron chi connectivity index (χ1n) is 5.95. The number of aromatic hydroxyl groups is 1. The van der Waals surface area contributed by atoms with E-state index in [0.29, 0.717) is 11.7 Å². The predicted octanol–water partition coefficient (Wildman–Crippen LogP) is -1.57. The van der Waals surface area contributed by atoms with E-state index >= 15 is 0 Å². The summed E-state index contributed by atoms with van der Waals surface area (Å²) in [7, 11) is 0. The van der Waals surface area contributed by atoms with Gasteiger partial charge in [0.05, 0.1) is 0 Å². The number of benzene rings is 1. The Labute approximate surface area is 150 Å². The van der Waals surface area contributed by atoms with Crippen LogP contribution in [0.4, 0.5) is 0 Å². The zero-order chi connectivity index (χ0) is 13.0. The first-order valence-corrected chi connectivity index (χ1v) is 5.95. The molecule has 0 saturated heterocycles. The first kappa shape index (κ1) is 24.8. The van der Waals surface area contributed by atoms with E-state index in [1.807, 2.05) is 19.1 Å². The third kappa shape index (κ3) is 7.54. The normalized spacial score (nSPS) is 15.8. The molecule has 0 aliphatic heterocycles. The van der Waals surface area contributed by atoms with Crippen LogP contribution < -0.4 is 24.8 Å². The van der Waals surface area contributed by atoms with Gasteiger partial charge in [0.1, 0.15) is 5.75 Å². The van der Waals surface area contributed by atoms with Gasteiger partial charge in [-0.2, -0.15) is 11.1 Å². The molecule has 0 heterocycles. The molecular weight excluding hydrogens is 327 g/mol. The molecule has 1 aliphatic rings. The summed E-state index contributed by atoms with van der Waals surface area (Å²) in [5, 5.41) is 8.81. The van der Waals surface area contributed by atoms with Crippen LogP contribution in [0.1, 0.15) is 33.3 Å². The van der Waals surface area contributed by atoms with Crippen molar-refractivity contribution >= 4 is 0 Å². The fourth-order valence-electron chi connectivity index (χ4n) is 1.79. The molecule has 1 aliphatic carbocycles. The Morgan fingerprint density at radius 1 is 1.05 bits per heavy atom. The van der Waals surface area contributed by atoms with Crippen LogP contribution in [0, 0.1) is 18.9 Å². The molecule has 1 N–H and O–H groups in total. The van der Waals surface area contributed by atoms with Crippen LogP contribution in [0.5, 0.6) is 5.75 Å². The van der Waals surface area contributed by atoms with Crippen molar-refractivity contribution in [3.63, 3.8) is 0 Å². The summed E-state index contributed by atoms with van der Waals surface area (Å²) in [5.41, 5.74) is 5.33. The van der Waals surface area contributed by atoms with Gasteiger partial charge >= 0.3 is 0 Å². The van der Waals surface area contributed by atoms with Crippen molar-refractivity contribution < 1.29 is 51.6 Å². The number of phenolic OH excluding ortho intramolecular Hbond substituents is 1. The zero-order valence-electron chi connectivity index (χ0n) is 12.6. The van der Waals surface area contributed by atoms with Crippen molar-refractivity contribution in [3.05, 3.63) is 52.6 Å². The van der Waals surface area contributed by atoms with Crippen molar-refractivity contribution in [2.24, 2.45) is 5.92 Å². The molecule has 0 amide bonds. The molecule has 1 aromatic carbocycles. The van der Waals surface area contributed by atoms with E-state index in [9.17, 15) is 0 Å². The van der Waals surface area contributed by atoms with E-state index in [1.165, 1.54) is 16.7 Å². The van der Waals surface area contributed by atoms with Crippen molar-refractivity contribution in [3.8, 4) is 5.75 Å². The molecule has 112 valence electrons. The summed E-state index contributed by atoms with van der Waals surface area (Å²) in [6.45, 7) is 10.6. The van der Waals surface area contributed by atoms with Crippen molar-refractivity contribution in [1.29, 1.82) is 0 Å². The minimum Gasteiger partial charge on any atom is -1.00 e. The van der Waals surface area contributed by atoms with Crippen molar-refractivity contribution in [1.82, 2.24) is 0 Å². The van der Waals surface area contributed by atoms with Gasteiger partial charge in [0, 0.05) is 21.7 Å². The van der Waals surface area contributed by atoms with E-state index in [0.717, 1.165) is 5.56 Å². The molecule has 1 unspecified atom stereocenters. The Kier molecular flexibility index (Phi) is 14.2. The van der Waals surface area contributed by atoms with Crippen LogP contribution in [-0.4, -0.2) is 5.11 Å². The maximum atomic E-state index is 8.81. The van der Waals surface area contributed by atoms with Gasteiger partial charge in [0.25, 0.3) is 0 Å². The molecular formula is C16H21Cl2OTi-3.